The van der Waals surface area contributed by atoms with Crippen molar-refractivity contribution in [1.29, 1.82) is 0 Å². The van der Waals surface area contributed by atoms with Crippen LogP contribution in [0.25, 0.3) is 0 Å². The summed E-state index contributed by atoms with van der Waals surface area (Å²) in [6.07, 6.45) is 1.59. The molecule has 1 unspecified atom stereocenters. The smallest absolute Gasteiger partial charge is 0.333 e. The van der Waals surface area contributed by atoms with Crippen molar-refractivity contribution in [3.63, 3.8) is 0 Å². The highest BCUT2D eigenvalue weighted by atomic mass is 16.5. The van der Waals surface area contributed by atoms with E-state index >= 15 is 0 Å². The van der Waals surface area contributed by atoms with Gasteiger partial charge in [0, 0.05) is 11.1 Å². The van der Waals surface area contributed by atoms with Crippen molar-refractivity contribution in [3.8, 4) is 5.75 Å². The third-order valence-corrected chi connectivity index (χ3v) is 3.11. The molecule has 0 saturated carbocycles. The minimum absolute atomic E-state index is 0.122. The molecule has 1 rings (SSSR count). The van der Waals surface area contributed by atoms with Gasteiger partial charge in [0.15, 0.2) is 0 Å². The van der Waals surface area contributed by atoms with Gasteiger partial charge in [0.25, 0.3) is 0 Å². The monoisotopic (exact) mass is 280 g/mol. The van der Waals surface area contributed by atoms with E-state index in [-0.39, 0.29) is 11.3 Å². The summed E-state index contributed by atoms with van der Waals surface area (Å²) in [7, 11) is 0. The van der Waals surface area contributed by atoms with E-state index < -0.39 is 24.8 Å². The highest BCUT2D eigenvalue weighted by molar-refractivity contribution is 5.87. The van der Waals surface area contributed by atoms with E-state index in [9.17, 15) is 20.1 Å². The lowest BCUT2D eigenvalue weighted by atomic mass is 9.93. The number of esters is 1. The van der Waals surface area contributed by atoms with Crippen LogP contribution in [0.15, 0.2) is 29.8 Å². The van der Waals surface area contributed by atoms with Crippen molar-refractivity contribution in [2.24, 2.45) is 0 Å². The molecular formula is C15H20O5. The predicted molar refractivity (Wildman–Crippen MR) is 74.2 cm³/mol. The normalized spacial score (nSPS) is 14.8. The first-order valence-electron chi connectivity index (χ1n) is 6.27. The van der Waals surface area contributed by atoms with Gasteiger partial charge in [0.2, 0.25) is 0 Å². The van der Waals surface area contributed by atoms with E-state index in [1.54, 1.807) is 32.9 Å². The van der Waals surface area contributed by atoms with Crippen molar-refractivity contribution in [1.82, 2.24) is 0 Å². The number of phenols is 1. The summed E-state index contributed by atoms with van der Waals surface area (Å²) < 4.78 is 4.96. The minimum atomic E-state index is -1.83. The molecule has 0 aliphatic rings. The molecule has 1 aromatic carbocycles. The summed E-state index contributed by atoms with van der Waals surface area (Å²) in [6, 6.07) is 4.65. The fourth-order valence-corrected chi connectivity index (χ4v) is 1.66. The lowest BCUT2D eigenvalue weighted by Gasteiger charge is -2.26. The average molecular weight is 280 g/mol. The zero-order chi connectivity index (χ0) is 15.3. The van der Waals surface area contributed by atoms with Crippen molar-refractivity contribution in [2.45, 2.75) is 26.4 Å². The van der Waals surface area contributed by atoms with Crippen LogP contribution in [0.2, 0.25) is 0 Å². The molecule has 0 saturated heterocycles. The van der Waals surface area contributed by atoms with Crippen LogP contribution in [-0.4, -0.2) is 34.5 Å². The number of aliphatic hydroxyl groups is 2. The Morgan fingerprint density at radius 3 is 2.60 bits per heavy atom. The first-order chi connectivity index (χ1) is 9.34. The van der Waals surface area contributed by atoms with Gasteiger partial charge in [-0.25, -0.2) is 4.79 Å². The SMILES string of the molecule is C/C=C(\C)C(=O)OCC(O)(CO)c1ccc(C)cc1O. The zero-order valence-corrected chi connectivity index (χ0v) is 11.9. The molecule has 3 N–H and O–H groups in total. The van der Waals surface area contributed by atoms with Gasteiger partial charge in [0.05, 0.1) is 6.61 Å². The number of carbonyl (C=O) groups excluding carboxylic acids is 1. The van der Waals surface area contributed by atoms with E-state index in [4.69, 9.17) is 4.74 Å². The summed E-state index contributed by atoms with van der Waals surface area (Å²) >= 11 is 0. The Morgan fingerprint density at radius 2 is 2.10 bits per heavy atom. The summed E-state index contributed by atoms with van der Waals surface area (Å²) in [5.74, 6) is -0.730. The molecule has 20 heavy (non-hydrogen) atoms. The van der Waals surface area contributed by atoms with Gasteiger partial charge >= 0.3 is 5.97 Å². The number of aryl methyl sites for hydroxylation is 1. The maximum absolute atomic E-state index is 11.6. The molecule has 5 heteroatoms. The van der Waals surface area contributed by atoms with Crippen molar-refractivity contribution in [3.05, 3.63) is 41.0 Å². The summed E-state index contributed by atoms with van der Waals surface area (Å²) in [4.78, 5) is 11.6. The number of rotatable bonds is 5. The van der Waals surface area contributed by atoms with E-state index in [0.29, 0.717) is 5.57 Å². The Kier molecular flexibility index (Phi) is 5.30. The number of aromatic hydroxyl groups is 1. The van der Waals surface area contributed by atoms with Crippen LogP contribution >= 0.6 is 0 Å². The van der Waals surface area contributed by atoms with E-state index in [0.717, 1.165) is 5.56 Å². The van der Waals surface area contributed by atoms with Gasteiger partial charge in [-0.3, -0.25) is 0 Å². The zero-order valence-electron chi connectivity index (χ0n) is 11.9. The number of allylic oxidation sites excluding steroid dienone is 1. The van der Waals surface area contributed by atoms with Gasteiger partial charge < -0.3 is 20.1 Å². The molecule has 0 radical (unpaired) electrons. The number of hydrogen-bond donors (Lipinski definition) is 3. The van der Waals surface area contributed by atoms with Gasteiger partial charge in [-0.1, -0.05) is 18.2 Å². The second kappa shape index (κ2) is 6.54. The lowest BCUT2D eigenvalue weighted by Crippen LogP contribution is -2.36. The standard InChI is InChI=1S/C15H20O5/c1-4-11(3)14(18)20-9-15(19,8-16)12-6-5-10(2)7-13(12)17/h4-7,16-17,19H,8-9H2,1-3H3/b11-4+. The molecule has 0 aromatic heterocycles. The Morgan fingerprint density at radius 1 is 1.45 bits per heavy atom. The van der Waals surface area contributed by atoms with E-state index in [1.165, 1.54) is 12.1 Å². The van der Waals surface area contributed by atoms with Crippen LogP contribution in [0.3, 0.4) is 0 Å². The Bertz CT molecular complexity index is 521. The molecule has 0 aliphatic carbocycles. The fraction of sp³-hybridized carbons (Fsp3) is 0.400. The molecular weight excluding hydrogens is 260 g/mol. The molecule has 110 valence electrons. The van der Waals surface area contributed by atoms with Crippen LogP contribution in [0.5, 0.6) is 5.75 Å². The predicted octanol–water partition coefficient (Wildman–Crippen LogP) is 1.39. The number of hydrogen-bond acceptors (Lipinski definition) is 5. The maximum Gasteiger partial charge on any atom is 0.333 e. The van der Waals surface area contributed by atoms with Crippen LogP contribution in [-0.2, 0) is 15.1 Å². The highest BCUT2D eigenvalue weighted by Gasteiger charge is 2.33. The molecule has 0 fully saturated rings. The molecule has 1 atom stereocenters. The topological polar surface area (TPSA) is 87.0 Å². The number of benzene rings is 1. The quantitative estimate of drug-likeness (QED) is 0.560. The number of carbonyl (C=O) groups is 1. The Balaban J connectivity index is 2.94. The Labute approximate surface area is 118 Å². The first kappa shape index (κ1) is 16.2. The third-order valence-electron chi connectivity index (χ3n) is 3.11. The summed E-state index contributed by atoms with van der Waals surface area (Å²) in [6.45, 7) is 3.96. The fourth-order valence-electron chi connectivity index (χ4n) is 1.66. The van der Waals surface area contributed by atoms with Gasteiger partial charge in [-0.05, 0) is 32.4 Å². The van der Waals surface area contributed by atoms with Crippen LogP contribution in [0.4, 0.5) is 0 Å². The molecule has 0 aliphatic heterocycles. The van der Waals surface area contributed by atoms with Crippen LogP contribution in [0, 0.1) is 6.92 Å². The number of ether oxygens (including phenoxy) is 1. The highest BCUT2D eigenvalue weighted by Crippen LogP contribution is 2.30. The van der Waals surface area contributed by atoms with Crippen molar-refractivity contribution in [2.75, 3.05) is 13.2 Å². The van der Waals surface area contributed by atoms with Crippen molar-refractivity contribution < 1.29 is 24.9 Å². The third kappa shape index (κ3) is 3.59. The number of phenolic OH excluding ortho intramolecular Hbond substituents is 1. The number of aliphatic hydroxyl groups excluding tert-OH is 1. The average Bonchev–Trinajstić information content (AvgIpc) is 2.43. The molecule has 5 nitrogen and oxygen atoms in total. The maximum atomic E-state index is 11.6. The Hall–Kier alpha value is -1.85. The largest absolute Gasteiger partial charge is 0.508 e. The summed E-state index contributed by atoms with van der Waals surface area (Å²) in [5, 5.41) is 29.6. The van der Waals surface area contributed by atoms with Gasteiger partial charge in [0.1, 0.15) is 18.0 Å². The van der Waals surface area contributed by atoms with Gasteiger partial charge in [-0.2, -0.15) is 0 Å². The second-order valence-electron chi connectivity index (χ2n) is 4.76. The molecule has 0 amide bonds. The van der Waals surface area contributed by atoms with E-state index in [1.807, 2.05) is 0 Å². The van der Waals surface area contributed by atoms with Crippen molar-refractivity contribution >= 4 is 5.97 Å². The molecule has 1 aromatic rings. The lowest BCUT2D eigenvalue weighted by molar-refractivity contribution is -0.150. The van der Waals surface area contributed by atoms with E-state index in [2.05, 4.69) is 0 Å². The molecule has 0 heterocycles. The second-order valence-corrected chi connectivity index (χ2v) is 4.76. The van der Waals surface area contributed by atoms with Crippen LogP contribution < -0.4 is 0 Å². The minimum Gasteiger partial charge on any atom is -0.508 e. The molecule has 0 bridgehead atoms. The van der Waals surface area contributed by atoms with Gasteiger partial charge in [-0.15, -0.1) is 0 Å². The van der Waals surface area contributed by atoms with Crippen LogP contribution in [0.1, 0.15) is 25.0 Å². The first-order valence-corrected chi connectivity index (χ1v) is 6.27. The summed E-state index contributed by atoms with van der Waals surface area (Å²) in [5.41, 5.74) is -0.496. The molecule has 0 spiro atoms.